The molecular weight excluding hydrogens is 221 g/mol. The molecule has 0 aliphatic heterocycles. The zero-order valence-corrected chi connectivity index (χ0v) is 9.74. The van der Waals surface area contributed by atoms with E-state index in [9.17, 15) is 9.18 Å². The van der Waals surface area contributed by atoms with Crippen LogP contribution in [0, 0.1) is 11.7 Å². The quantitative estimate of drug-likeness (QED) is 0.826. The third-order valence-corrected chi connectivity index (χ3v) is 3.29. The van der Waals surface area contributed by atoms with Gasteiger partial charge >= 0.3 is 5.97 Å². The molecule has 0 spiro atoms. The van der Waals surface area contributed by atoms with E-state index in [1.54, 1.807) is 0 Å². The summed E-state index contributed by atoms with van der Waals surface area (Å²) < 4.78 is 13.4. The van der Waals surface area contributed by atoms with E-state index in [1.165, 1.54) is 18.2 Å². The molecule has 0 bridgehead atoms. The zero-order valence-electron chi connectivity index (χ0n) is 9.74. The molecular formula is C13H16FNO2. The van der Waals surface area contributed by atoms with Crippen LogP contribution in [0.15, 0.2) is 18.2 Å². The smallest absolute Gasteiger partial charge is 0.335 e. The lowest BCUT2D eigenvalue weighted by Gasteiger charge is -2.06. The Kier molecular flexibility index (Phi) is 3.43. The van der Waals surface area contributed by atoms with Crippen LogP contribution >= 0.6 is 0 Å². The van der Waals surface area contributed by atoms with Crippen molar-refractivity contribution in [2.24, 2.45) is 5.92 Å². The summed E-state index contributed by atoms with van der Waals surface area (Å²) in [5, 5.41) is 12.1. The number of nitrogens with one attached hydrogen (secondary N) is 1. The van der Waals surface area contributed by atoms with Gasteiger partial charge < -0.3 is 10.4 Å². The van der Waals surface area contributed by atoms with Crippen LogP contribution in [0.1, 0.15) is 35.7 Å². The standard InChI is InChI=1S/C13H16FNO2/c1-2-8-6-12(8)15-7-10-5-9(13(16)17)3-4-11(10)14/h3-5,8,12,15H,2,6-7H2,1H3,(H,16,17). The molecule has 92 valence electrons. The van der Waals surface area contributed by atoms with Crippen LogP contribution in [0.3, 0.4) is 0 Å². The first kappa shape index (κ1) is 12.0. The summed E-state index contributed by atoms with van der Waals surface area (Å²) >= 11 is 0. The Hall–Kier alpha value is -1.42. The number of carboxylic acids is 1. The predicted octanol–water partition coefficient (Wildman–Crippen LogP) is 2.41. The summed E-state index contributed by atoms with van der Waals surface area (Å²) in [5.74, 6) is -0.680. The first-order chi connectivity index (χ1) is 8.11. The van der Waals surface area contributed by atoms with Gasteiger partial charge in [-0.2, -0.15) is 0 Å². The predicted molar refractivity (Wildman–Crippen MR) is 62.4 cm³/mol. The minimum Gasteiger partial charge on any atom is -0.478 e. The molecule has 1 aromatic carbocycles. The molecule has 2 atom stereocenters. The van der Waals surface area contributed by atoms with Crippen molar-refractivity contribution in [2.45, 2.75) is 32.4 Å². The van der Waals surface area contributed by atoms with Gasteiger partial charge in [0.1, 0.15) is 5.82 Å². The fourth-order valence-corrected chi connectivity index (χ4v) is 2.03. The number of halogens is 1. The maximum absolute atomic E-state index is 13.4. The van der Waals surface area contributed by atoms with Crippen LogP contribution in [-0.4, -0.2) is 17.1 Å². The lowest BCUT2D eigenvalue weighted by atomic mass is 10.1. The molecule has 4 heteroatoms. The molecule has 1 fully saturated rings. The molecule has 0 heterocycles. The van der Waals surface area contributed by atoms with Crippen molar-refractivity contribution in [3.8, 4) is 0 Å². The number of benzene rings is 1. The van der Waals surface area contributed by atoms with Gasteiger partial charge in [0.05, 0.1) is 5.56 Å². The monoisotopic (exact) mass is 237 g/mol. The molecule has 1 aliphatic rings. The third kappa shape index (κ3) is 2.82. The van der Waals surface area contributed by atoms with E-state index in [0.29, 0.717) is 24.1 Å². The molecule has 0 saturated heterocycles. The van der Waals surface area contributed by atoms with Crippen LogP contribution in [0.4, 0.5) is 4.39 Å². The lowest BCUT2D eigenvalue weighted by molar-refractivity contribution is 0.0696. The minimum absolute atomic E-state index is 0.131. The van der Waals surface area contributed by atoms with Crippen LogP contribution in [0.2, 0.25) is 0 Å². The van der Waals surface area contributed by atoms with Crippen LogP contribution in [0.5, 0.6) is 0 Å². The second-order valence-corrected chi connectivity index (χ2v) is 4.50. The van der Waals surface area contributed by atoms with Crippen molar-refractivity contribution >= 4 is 5.97 Å². The average molecular weight is 237 g/mol. The number of hydrogen-bond donors (Lipinski definition) is 2. The number of hydrogen-bond acceptors (Lipinski definition) is 2. The summed E-state index contributed by atoms with van der Waals surface area (Å²) in [5.41, 5.74) is 0.553. The summed E-state index contributed by atoms with van der Waals surface area (Å²) in [6, 6.07) is 4.36. The normalized spacial score (nSPS) is 22.5. The largest absolute Gasteiger partial charge is 0.478 e. The van der Waals surface area contributed by atoms with E-state index in [2.05, 4.69) is 12.2 Å². The van der Waals surface area contributed by atoms with Gasteiger partial charge in [-0.3, -0.25) is 0 Å². The third-order valence-electron chi connectivity index (χ3n) is 3.29. The number of rotatable bonds is 5. The molecule has 2 rings (SSSR count). The van der Waals surface area contributed by atoms with Gasteiger partial charge in [-0.05, 0) is 30.5 Å². The van der Waals surface area contributed by atoms with Crippen LogP contribution < -0.4 is 5.32 Å². The maximum atomic E-state index is 13.4. The van der Waals surface area contributed by atoms with Crippen molar-refractivity contribution in [3.63, 3.8) is 0 Å². The number of carboxylic acid groups (broad SMARTS) is 1. The highest BCUT2D eigenvalue weighted by Crippen LogP contribution is 2.33. The van der Waals surface area contributed by atoms with E-state index in [-0.39, 0.29) is 11.4 Å². The Morgan fingerprint density at radius 3 is 2.94 bits per heavy atom. The van der Waals surface area contributed by atoms with Crippen molar-refractivity contribution < 1.29 is 14.3 Å². The molecule has 1 aromatic rings. The van der Waals surface area contributed by atoms with Crippen molar-refractivity contribution in [3.05, 3.63) is 35.1 Å². The van der Waals surface area contributed by atoms with Gasteiger partial charge in [0, 0.05) is 18.2 Å². The van der Waals surface area contributed by atoms with Crippen molar-refractivity contribution in [1.82, 2.24) is 5.32 Å². The van der Waals surface area contributed by atoms with Gasteiger partial charge in [0.2, 0.25) is 0 Å². The highest BCUT2D eigenvalue weighted by Gasteiger charge is 2.34. The van der Waals surface area contributed by atoms with Crippen LogP contribution in [-0.2, 0) is 6.54 Å². The second kappa shape index (κ2) is 4.84. The molecule has 2 unspecified atom stereocenters. The van der Waals surface area contributed by atoms with Gasteiger partial charge in [-0.25, -0.2) is 9.18 Å². The Labute approximate surface area is 99.7 Å². The lowest BCUT2D eigenvalue weighted by Crippen LogP contribution is -2.18. The maximum Gasteiger partial charge on any atom is 0.335 e. The summed E-state index contributed by atoms with van der Waals surface area (Å²) in [4.78, 5) is 10.8. The average Bonchev–Trinajstić information content (AvgIpc) is 3.06. The summed E-state index contributed by atoms with van der Waals surface area (Å²) in [6.45, 7) is 2.53. The zero-order chi connectivity index (χ0) is 12.4. The molecule has 0 radical (unpaired) electrons. The van der Waals surface area contributed by atoms with E-state index in [1.807, 2.05) is 0 Å². The summed E-state index contributed by atoms with van der Waals surface area (Å²) in [6.07, 6.45) is 2.27. The fraction of sp³-hybridized carbons (Fsp3) is 0.462. The van der Waals surface area contributed by atoms with E-state index >= 15 is 0 Å². The number of aromatic carboxylic acids is 1. The summed E-state index contributed by atoms with van der Waals surface area (Å²) in [7, 11) is 0. The number of carbonyl (C=O) groups is 1. The highest BCUT2D eigenvalue weighted by atomic mass is 19.1. The topological polar surface area (TPSA) is 49.3 Å². The van der Waals surface area contributed by atoms with E-state index < -0.39 is 5.97 Å². The van der Waals surface area contributed by atoms with Crippen molar-refractivity contribution in [2.75, 3.05) is 0 Å². The first-order valence-electron chi connectivity index (χ1n) is 5.87. The van der Waals surface area contributed by atoms with Gasteiger partial charge in [-0.1, -0.05) is 13.3 Å². The van der Waals surface area contributed by atoms with Crippen LogP contribution in [0.25, 0.3) is 0 Å². The Morgan fingerprint density at radius 1 is 1.59 bits per heavy atom. The SMILES string of the molecule is CCC1CC1NCc1cc(C(=O)O)ccc1F. The first-order valence-corrected chi connectivity index (χ1v) is 5.87. The van der Waals surface area contributed by atoms with E-state index in [4.69, 9.17) is 5.11 Å². The Morgan fingerprint density at radius 2 is 2.35 bits per heavy atom. The molecule has 0 aromatic heterocycles. The highest BCUT2D eigenvalue weighted by molar-refractivity contribution is 5.87. The van der Waals surface area contributed by atoms with Crippen molar-refractivity contribution in [1.29, 1.82) is 0 Å². The Bertz CT molecular complexity index is 433. The molecule has 2 N–H and O–H groups in total. The molecule has 0 amide bonds. The fourth-order valence-electron chi connectivity index (χ4n) is 2.03. The van der Waals surface area contributed by atoms with Gasteiger partial charge in [-0.15, -0.1) is 0 Å². The second-order valence-electron chi connectivity index (χ2n) is 4.50. The molecule has 1 saturated carbocycles. The molecule has 17 heavy (non-hydrogen) atoms. The molecule has 1 aliphatic carbocycles. The minimum atomic E-state index is -1.02. The van der Waals surface area contributed by atoms with Gasteiger partial charge in [0.15, 0.2) is 0 Å². The Balaban J connectivity index is 1.99. The van der Waals surface area contributed by atoms with E-state index in [0.717, 1.165) is 12.8 Å². The molecule has 3 nitrogen and oxygen atoms in total. The van der Waals surface area contributed by atoms with Gasteiger partial charge in [0.25, 0.3) is 0 Å².